The second kappa shape index (κ2) is 6.24. The van der Waals surface area contributed by atoms with Crippen LogP contribution in [-0.2, 0) is 9.84 Å². The van der Waals surface area contributed by atoms with Gasteiger partial charge in [0.05, 0.1) is 18.6 Å². The molecule has 2 rings (SSSR count). The minimum atomic E-state index is -3.61. The van der Waals surface area contributed by atoms with E-state index >= 15 is 0 Å². The lowest BCUT2D eigenvalue weighted by Crippen LogP contribution is -2.54. The summed E-state index contributed by atoms with van der Waals surface area (Å²) < 4.78 is 43.3. The Hall–Kier alpha value is -1.92. The van der Waals surface area contributed by atoms with E-state index < -0.39 is 20.9 Å². The van der Waals surface area contributed by atoms with Crippen LogP contribution in [0.25, 0.3) is 0 Å². The Morgan fingerprint density at radius 2 is 1.67 bits per heavy atom. The van der Waals surface area contributed by atoms with Gasteiger partial charge in [0.2, 0.25) is 0 Å². The van der Waals surface area contributed by atoms with Crippen LogP contribution in [0.1, 0.15) is 10.8 Å². The normalized spacial score (nSPS) is 12.9. The van der Waals surface area contributed by atoms with E-state index in [1.54, 1.807) is 31.4 Å². The molecule has 21 heavy (non-hydrogen) atoms. The molecule has 0 aliphatic heterocycles. The minimum Gasteiger partial charge on any atom is -0.497 e. The summed E-state index contributed by atoms with van der Waals surface area (Å²) in [5.41, 5.74) is 4.36. The van der Waals surface area contributed by atoms with Gasteiger partial charge < -0.3 is 10.5 Å². The molecule has 112 valence electrons. The van der Waals surface area contributed by atoms with E-state index in [1.165, 1.54) is 12.1 Å². The molecule has 3 N–H and O–H groups in total. The lowest BCUT2D eigenvalue weighted by molar-refractivity contribution is -0.367. The van der Waals surface area contributed by atoms with Gasteiger partial charge in [-0.2, -0.15) is 0 Å². The molecule has 0 aromatic heterocycles. The summed E-state index contributed by atoms with van der Waals surface area (Å²) in [4.78, 5) is 0.0911. The molecule has 0 saturated carbocycles. The first kappa shape index (κ1) is 15.5. The third-order valence-electron chi connectivity index (χ3n) is 3.27. The zero-order valence-corrected chi connectivity index (χ0v) is 12.4. The zero-order valence-electron chi connectivity index (χ0n) is 11.6. The van der Waals surface area contributed by atoms with Gasteiger partial charge in [-0.15, -0.1) is 0 Å². The average Bonchev–Trinajstić information content (AvgIpc) is 2.49. The number of halogens is 1. The van der Waals surface area contributed by atoms with Crippen molar-refractivity contribution in [2.45, 2.75) is 10.1 Å². The van der Waals surface area contributed by atoms with E-state index in [9.17, 15) is 12.8 Å². The molecule has 0 unspecified atom stereocenters. The van der Waals surface area contributed by atoms with E-state index in [1.807, 2.05) is 0 Å². The fraction of sp³-hybridized carbons (Fsp3) is 0.200. The molecule has 0 radical (unpaired) electrons. The Kier molecular flexibility index (Phi) is 4.59. The van der Waals surface area contributed by atoms with Crippen LogP contribution in [0.15, 0.2) is 53.4 Å². The third kappa shape index (κ3) is 3.22. The maximum atomic E-state index is 12.9. The number of methoxy groups -OCH3 is 1. The van der Waals surface area contributed by atoms with Crippen molar-refractivity contribution in [3.8, 4) is 5.75 Å². The molecule has 0 bridgehead atoms. The Balaban J connectivity index is 2.41. The van der Waals surface area contributed by atoms with Gasteiger partial charge in [-0.05, 0) is 42.0 Å². The van der Waals surface area contributed by atoms with Crippen molar-refractivity contribution in [3.63, 3.8) is 0 Å². The molecule has 4 nitrogen and oxygen atoms in total. The number of benzene rings is 2. The van der Waals surface area contributed by atoms with Crippen LogP contribution in [0, 0.1) is 5.82 Å². The fourth-order valence-electron chi connectivity index (χ4n) is 2.11. The molecule has 0 aliphatic rings. The van der Waals surface area contributed by atoms with Crippen molar-refractivity contribution in [1.29, 1.82) is 0 Å². The highest BCUT2D eigenvalue weighted by molar-refractivity contribution is 7.91. The largest absolute Gasteiger partial charge is 0.497 e. The zero-order chi connectivity index (χ0) is 15.5. The average molecular weight is 310 g/mol. The van der Waals surface area contributed by atoms with Gasteiger partial charge in [0.1, 0.15) is 16.8 Å². The second-order valence-corrected chi connectivity index (χ2v) is 6.68. The van der Waals surface area contributed by atoms with Gasteiger partial charge in [-0.25, -0.2) is 12.8 Å². The highest BCUT2D eigenvalue weighted by Gasteiger charge is 2.29. The molecule has 6 heteroatoms. The van der Waals surface area contributed by atoms with Crippen molar-refractivity contribution in [1.82, 2.24) is 0 Å². The second-order valence-electron chi connectivity index (χ2n) is 4.55. The topological polar surface area (TPSA) is 71.0 Å². The number of quaternary nitrogens is 1. The monoisotopic (exact) mass is 310 g/mol. The molecular weight excluding hydrogens is 293 g/mol. The fourth-order valence-corrected chi connectivity index (χ4v) is 3.78. The lowest BCUT2D eigenvalue weighted by atomic mass is 10.1. The van der Waals surface area contributed by atoms with Gasteiger partial charge in [-0.1, -0.05) is 12.1 Å². The predicted molar refractivity (Wildman–Crippen MR) is 77.1 cm³/mol. The molecular formula is C15H17FNO3S+. The Morgan fingerprint density at radius 3 is 2.14 bits per heavy atom. The predicted octanol–water partition coefficient (Wildman–Crippen LogP) is 1.59. The van der Waals surface area contributed by atoms with Crippen molar-refractivity contribution in [2.75, 3.05) is 13.7 Å². The lowest BCUT2D eigenvalue weighted by Gasteiger charge is -2.15. The molecule has 0 heterocycles. The molecule has 0 fully saturated rings. The van der Waals surface area contributed by atoms with Crippen LogP contribution in [0.4, 0.5) is 4.39 Å². The molecule has 2 aromatic rings. The quantitative estimate of drug-likeness (QED) is 0.853. The van der Waals surface area contributed by atoms with Crippen molar-refractivity contribution in [3.05, 3.63) is 59.9 Å². The van der Waals surface area contributed by atoms with Crippen molar-refractivity contribution < 1.29 is 23.3 Å². The summed E-state index contributed by atoms with van der Waals surface area (Å²) in [6, 6.07) is 11.7. The minimum absolute atomic E-state index is 0.0911. The summed E-state index contributed by atoms with van der Waals surface area (Å²) in [6.07, 6.45) is 0. The molecule has 0 amide bonds. The van der Waals surface area contributed by atoms with Gasteiger partial charge in [0, 0.05) is 0 Å². The van der Waals surface area contributed by atoms with Crippen LogP contribution in [0.3, 0.4) is 0 Å². The molecule has 0 spiro atoms. The van der Waals surface area contributed by atoms with Crippen molar-refractivity contribution in [2.24, 2.45) is 0 Å². The smallest absolute Gasteiger partial charge is 0.190 e. The van der Waals surface area contributed by atoms with Crippen LogP contribution < -0.4 is 10.5 Å². The van der Waals surface area contributed by atoms with Gasteiger partial charge in [0.15, 0.2) is 9.84 Å². The molecule has 0 saturated heterocycles. The van der Waals surface area contributed by atoms with E-state index in [4.69, 9.17) is 4.74 Å². The number of hydrogen-bond donors (Lipinski definition) is 1. The summed E-state index contributed by atoms with van der Waals surface area (Å²) in [7, 11) is -2.07. The van der Waals surface area contributed by atoms with E-state index in [0.29, 0.717) is 11.3 Å². The van der Waals surface area contributed by atoms with E-state index in [-0.39, 0.29) is 11.4 Å². The van der Waals surface area contributed by atoms with Crippen LogP contribution >= 0.6 is 0 Å². The van der Waals surface area contributed by atoms with E-state index in [2.05, 4.69) is 5.73 Å². The maximum absolute atomic E-state index is 12.9. The molecule has 2 aromatic carbocycles. The Morgan fingerprint density at radius 1 is 1.10 bits per heavy atom. The summed E-state index contributed by atoms with van der Waals surface area (Å²) >= 11 is 0. The SMILES string of the molecule is COc1ccc([C@@H](C[NH3+])S(=O)(=O)c2ccc(F)cc2)cc1. The summed E-state index contributed by atoms with van der Waals surface area (Å²) in [5, 5.41) is -0.770. The van der Waals surface area contributed by atoms with Gasteiger partial charge in [-0.3, -0.25) is 0 Å². The number of hydrogen-bond acceptors (Lipinski definition) is 3. The van der Waals surface area contributed by atoms with Crippen LogP contribution in [0.2, 0.25) is 0 Å². The number of rotatable bonds is 5. The number of sulfone groups is 1. The number of ether oxygens (including phenoxy) is 1. The third-order valence-corrected chi connectivity index (χ3v) is 5.45. The highest BCUT2D eigenvalue weighted by atomic mass is 32.2. The Labute approximate surface area is 123 Å². The van der Waals surface area contributed by atoms with Crippen LogP contribution in [-0.4, -0.2) is 22.1 Å². The Bertz CT molecular complexity index is 697. The summed E-state index contributed by atoms with van der Waals surface area (Å²) in [6.45, 7) is 0.187. The first-order valence-corrected chi connectivity index (χ1v) is 7.96. The van der Waals surface area contributed by atoms with Gasteiger partial charge in [0.25, 0.3) is 0 Å². The molecule has 1 atom stereocenters. The van der Waals surface area contributed by atoms with Gasteiger partial charge >= 0.3 is 0 Å². The standard InChI is InChI=1S/C15H16FNO3S/c1-20-13-6-2-11(3-7-13)15(10-17)21(18,19)14-8-4-12(16)5-9-14/h2-9,15H,10,17H2,1H3/p+1/t15-/m1/s1. The van der Waals surface area contributed by atoms with Crippen molar-refractivity contribution >= 4 is 9.84 Å². The first-order chi connectivity index (χ1) is 9.98. The van der Waals surface area contributed by atoms with E-state index in [0.717, 1.165) is 12.1 Å². The highest BCUT2D eigenvalue weighted by Crippen LogP contribution is 2.29. The molecule has 0 aliphatic carbocycles. The maximum Gasteiger partial charge on any atom is 0.190 e. The first-order valence-electron chi connectivity index (χ1n) is 6.41. The van der Waals surface area contributed by atoms with Crippen LogP contribution in [0.5, 0.6) is 5.75 Å². The summed E-state index contributed by atoms with van der Waals surface area (Å²) in [5.74, 6) is 0.185.